The predicted octanol–water partition coefficient (Wildman–Crippen LogP) is 6.62. The average molecular weight is 510 g/mol. The van der Waals surface area contributed by atoms with Gasteiger partial charge in [-0.2, -0.15) is 0 Å². The molecule has 2 aromatic rings. The molecule has 7 nitrogen and oxygen atoms in total. The van der Waals surface area contributed by atoms with Crippen molar-refractivity contribution in [1.82, 2.24) is 0 Å². The number of para-hydroxylation sites is 2. The molecule has 0 bridgehead atoms. The van der Waals surface area contributed by atoms with Crippen LogP contribution in [0.4, 0.5) is 5.69 Å². The summed E-state index contributed by atoms with van der Waals surface area (Å²) in [6, 6.07) is 14.2. The van der Waals surface area contributed by atoms with Gasteiger partial charge >= 0.3 is 11.9 Å². The van der Waals surface area contributed by atoms with Gasteiger partial charge in [-0.15, -0.1) is 0 Å². The zero-order valence-electron chi connectivity index (χ0n) is 22.2. The van der Waals surface area contributed by atoms with E-state index in [1.54, 1.807) is 50.2 Å². The number of esters is 2. The molecule has 0 aliphatic heterocycles. The minimum Gasteiger partial charge on any atom is -0.463 e. The molecule has 0 saturated carbocycles. The van der Waals surface area contributed by atoms with Crippen LogP contribution >= 0.6 is 0 Å². The summed E-state index contributed by atoms with van der Waals surface area (Å²) in [5, 5.41) is 2.82. The number of hydrogen-bond donors (Lipinski definition) is 1. The van der Waals surface area contributed by atoms with E-state index in [9.17, 15) is 14.4 Å². The van der Waals surface area contributed by atoms with Crippen LogP contribution in [0.3, 0.4) is 0 Å². The first kappa shape index (κ1) is 29.6. The van der Waals surface area contributed by atoms with Gasteiger partial charge in [0.15, 0.2) is 5.75 Å². The Kier molecular flexibility index (Phi) is 13.6. The Labute approximate surface area is 220 Å². The Morgan fingerprint density at radius 3 is 2.11 bits per heavy atom. The van der Waals surface area contributed by atoms with E-state index in [-0.39, 0.29) is 30.6 Å². The lowest BCUT2D eigenvalue weighted by Crippen LogP contribution is -2.17. The number of rotatable bonds is 16. The van der Waals surface area contributed by atoms with E-state index in [0.717, 1.165) is 18.9 Å². The molecule has 0 saturated heterocycles. The van der Waals surface area contributed by atoms with Gasteiger partial charge in [0.1, 0.15) is 0 Å². The third kappa shape index (κ3) is 10.9. The van der Waals surface area contributed by atoms with Crippen molar-refractivity contribution in [3.8, 4) is 5.75 Å². The molecule has 200 valence electrons. The molecular weight excluding hydrogens is 470 g/mol. The molecule has 0 spiro atoms. The molecule has 0 unspecified atom stereocenters. The minimum absolute atomic E-state index is 0.107. The van der Waals surface area contributed by atoms with Crippen molar-refractivity contribution >= 4 is 23.5 Å². The molecule has 0 radical (unpaired) electrons. The van der Waals surface area contributed by atoms with Gasteiger partial charge in [-0.3, -0.25) is 4.79 Å². The minimum atomic E-state index is -0.812. The highest BCUT2D eigenvalue weighted by atomic mass is 16.6. The van der Waals surface area contributed by atoms with Crippen LogP contribution in [0, 0.1) is 0 Å². The monoisotopic (exact) mass is 509 g/mol. The Morgan fingerprint density at radius 2 is 1.43 bits per heavy atom. The van der Waals surface area contributed by atoms with E-state index in [4.69, 9.17) is 14.2 Å². The third-order valence-electron chi connectivity index (χ3n) is 5.65. The number of anilines is 1. The molecule has 1 amide bonds. The second-order valence-electron chi connectivity index (χ2n) is 8.60. The summed E-state index contributed by atoms with van der Waals surface area (Å²) >= 11 is 0. The number of ether oxygens (including phenoxy) is 3. The summed E-state index contributed by atoms with van der Waals surface area (Å²) in [5.41, 5.74) is 2.06. The molecule has 0 atom stereocenters. The van der Waals surface area contributed by atoms with Gasteiger partial charge in [0.05, 0.1) is 25.0 Å². The van der Waals surface area contributed by atoms with Crippen LogP contribution in [0.25, 0.3) is 0 Å². The van der Waals surface area contributed by atoms with Crippen molar-refractivity contribution in [1.29, 1.82) is 0 Å². The normalized spacial score (nSPS) is 11.1. The predicted molar refractivity (Wildman–Crippen MR) is 145 cm³/mol. The summed E-state index contributed by atoms with van der Waals surface area (Å²) in [6.45, 7) is 5.79. The van der Waals surface area contributed by atoms with Crippen molar-refractivity contribution in [3.05, 3.63) is 71.5 Å². The van der Waals surface area contributed by atoms with E-state index in [1.807, 2.05) is 12.1 Å². The fraction of sp³-hybridized carbons (Fsp3) is 0.433. The van der Waals surface area contributed by atoms with E-state index < -0.39 is 11.9 Å². The summed E-state index contributed by atoms with van der Waals surface area (Å²) in [6.07, 6.45) is 10.8. The highest BCUT2D eigenvalue weighted by Crippen LogP contribution is 2.27. The van der Waals surface area contributed by atoms with Crippen LogP contribution in [-0.4, -0.2) is 31.1 Å². The second kappa shape index (κ2) is 17.0. The summed E-state index contributed by atoms with van der Waals surface area (Å²) < 4.78 is 15.6. The quantitative estimate of drug-likeness (QED) is 0.118. The molecule has 7 heteroatoms. The lowest BCUT2D eigenvalue weighted by molar-refractivity contribution is -0.143. The first-order valence-electron chi connectivity index (χ1n) is 13.2. The van der Waals surface area contributed by atoms with E-state index in [1.165, 1.54) is 44.1 Å². The molecule has 0 aromatic heterocycles. The SMILES string of the molecule is CCCCCCCCCc1ccc(C(=O)Nc2ccccc2O/C(=C/C(=O)OCC)C(=O)OCC)cc1. The van der Waals surface area contributed by atoms with E-state index in [2.05, 4.69) is 12.2 Å². The van der Waals surface area contributed by atoms with E-state index in [0.29, 0.717) is 11.3 Å². The Bertz CT molecular complexity index is 1030. The van der Waals surface area contributed by atoms with Crippen molar-refractivity contribution in [2.24, 2.45) is 0 Å². The lowest BCUT2D eigenvalue weighted by atomic mass is 10.0. The van der Waals surface area contributed by atoms with Crippen molar-refractivity contribution in [2.45, 2.75) is 72.1 Å². The van der Waals surface area contributed by atoms with Crippen molar-refractivity contribution in [3.63, 3.8) is 0 Å². The number of amides is 1. The van der Waals surface area contributed by atoms with Crippen molar-refractivity contribution in [2.75, 3.05) is 18.5 Å². The van der Waals surface area contributed by atoms with Gasteiger partial charge in [0, 0.05) is 5.56 Å². The molecular formula is C30H39NO6. The van der Waals surface area contributed by atoms with Crippen LogP contribution in [0.15, 0.2) is 60.4 Å². The van der Waals surface area contributed by atoms with Gasteiger partial charge in [0.2, 0.25) is 5.76 Å². The Morgan fingerprint density at radius 1 is 0.784 bits per heavy atom. The van der Waals surface area contributed by atoms with Crippen molar-refractivity contribution < 1.29 is 28.6 Å². The second-order valence-corrected chi connectivity index (χ2v) is 8.60. The van der Waals surface area contributed by atoms with Gasteiger partial charge in [-0.25, -0.2) is 9.59 Å². The molecule has 2 rings (SSSR count). The fourth-order valence-corrected chi connectivity index (χ4v) is 3.70. The third-order valence-corrected chi connectivity index (χ3v) is 5.65. The molecule has 0 aliphatic carbocycles. The van der Waals surface area contributed by atoms with Crippen LogP contribution in [0.5, 0.6) is 5.75 Å². The number of nitrogens with one attached hydrogen (secondary N) is 1. The smallest absolute Gasteiger partial charge is 0.374 e. The number of benzene rings is 2. The summed E-state index contributed by atoms with van der Waals surface area (Å²) in [7, 11) is 0. The number of hydrogen-bond acceptors (Lipinski definition) is 6. The van der Waals surface area contributed by atoms with Crippen LogP contribution in [0.2, 0.25) is 0 Å². The zero-order chi connectivity index (χ0) is 26.9. The maximum absolute atomic E-state index is 12.9. The molecule has 37 heavy (non-hydrogen) atoms. The molecule has 0 fully saturated rings. The molecule has 1 N–H and O–H groups in total. The van der Waals surface area contributed by atoms with Gasteiger partial charge < -0.3 is 19.5 Å². The number of carbonyl (C=O) groups is 3. The lowest BCUT2D eigenvalue weighted by Gasteiger charge is -2.14. The number of carbonyl (C=O) groups excluding carboxylic acids is 3. The standard InChI is InChI=1S/C30H39NO6/c1-4-7-8-9-10-11-12-15-23-18-20-24(21-19-23)29(33)31-25-16-13-14-17-26(25)37-27(30(34)36-6-3)22-28(32)35-5-2/h13-14,16-22H,4-12,15H2,1-3H3,(H,31,33)/b27-22+. The summed E-state index contributed by atoms with van der Waals surface area (Å²) in [5.74, 6) is -2.01. The van der Waals surface area contributed by atoms with Gasteiger partial charge in [-0.05, 0) is 56.5 Å². The Hall–Kier alpha value is -3.61. The Balaban J connectivity index is 2.01. The molecule has 0 aliphatic rings. The largest absolute Gasteiger partial charge is 0.463 e. The van der Waals surface area contributed by atoms with Gasteiger partial charge in [-0.1, -0.05) is 69.7 Å². The van der Waals surface area contributed by atoms with E-state index >= 15 is 0 Å². The first-order chi connectivity index (χ1) is 18.0. The molecule has 0 heterocycles. The van der Waals surface area contributed by atoms with Crippen LogP contribution in [0.1, 0.15) is 81.6 Å². The number of unbranched alkanes of at least 4 members (excludes halogenated alkanes) is 6. The van der Waals surface area contributed by atoms with Crippen LogP contribution in [-0.2, 0) is 25.5 Å². The maximum Gasteiger partial charge on any atom is 0.374 e. The topological polar surface area (TPSA) is 90.9 Å². The average Bonchev–Trinajstić information content (AvgIpc) is 2.89. The fourth-order valence-electron chi connectivity index (χ4n) is 3.70. The summed E-state index contributed by atoms with van der Waals surface area (Å²) in [4.78, 5) is 37.1. The maximum atomic E-state index is 12.9. The highest BCUT2D eigenvalue weighted by Gasteiger charge is 2.19. The first-order valence-corrected chi connectivity index (χ1v) is 13.2. The zero-order valence-corrected chi connectivity index (χ0v) is 22.2. The molecule has 2 aromatic carbocycles. The number of aryl methyl sites for hydroxylation is 1. The highest BCUT2D eigenvalue weighted by molar-refractivity contribution is 6.05. The van der Waals surface area contributed by atoms with Crippen LogP contribution < -0.4 is 10.1 Å². The van der Waals surface area contributed by atoms with Gasteiger partial charge in [0.25, 0.3) is 5.91 Å².